The van der Waals surface area contributed by atoms with Crippen LogP contribution in [0.3, 0.4) is 0 Å². The van der Waals surface area contributed by atoms with Crippen LogP contribution in [0, 0.1) is 0 Å². The first kappa shape index (κ1) is 12.5. The second-order valence-corrected chi connectivity index (χ2v) is 5.69. The first-order valence-electron chi connectivity index (χ1n) is 5.98. The molecule has 0 N–H and O–H groups in total. The molecule has 0 aliphatic heterocycles. The van der Waals surface area contributed by atoms with Gasteiger partial charge in [0.05, 0.1) is 12.2 Å². The zero-order valence-electron chi connectivity index (χ0n) is 10.3. The minimum atomic E-state index is -0.278. The van der Waals surface area contributed by atoms with Gasteiger partial charge in [-0.15, -0.1) is 11.3 Å². The lowest BCUT2D eigenvalue weighted by Gasteiger charge is -2.01. The van der Waals surface area contributed by atoms with E-state index in [1.165, 1.54) is 5.39 Å². The van der Waals surface area contributed by atoms with Crippen molar-refractivity contribution in [2.24, 2.45) is 0 Å². The van der Waals surface area contributed by atoms with E-state index in [2.05, 4.69) is 0 Å². The fraction of sp³-hybridized carbons (Fsp3) is 0.133. The van der Waals surface area contributed by atoms with Crippen LogP contribution in [0.25, 0.3) is 20.2 Å². The maximum Gasteiger partial charge on any atom is 0.338 e. The van der Waals surface area contributed by atoms with Crippen molar-refractivity contribution in [3.63, 3.8) is 0 Å². The Morgan fingerprint density at radius 1 is 1.16 bits per heavy atom. The predicted molar refractivity (Wildman–Crippen MR) is 80.3 cm³/mol. The number of rotatable bonds is 2. The van der Waals surface area contributed by atoms with Gasteiger partial charge in [-0.3, -0.25) is 0 Å². The highest BCUT2D eigenvalue weighted by atomic mass is 35.5. The number of esters is 1. The number of benzene rings is 2. The molecule has 0 radical (unpaired) electrons. The van der Waals surface area contributed by atoms with Crippen molar-refractivity contribution in [1.82, 2.24) is 0 Å². The van der Waals surface area contributed by atoms with E-state index in [1.54, 1.807) is 24.3 Å². The van der Waals surface area contributed by atoms with Gasteiger partial charge in [0.25, 0.3) is 0 Å². The summed E-state index contributed by atoms with van der Waals surface area (Å²) in [5, 5.41) is 3.04. The molecular formula is C15H11ClO2S. The van der Waals surface area contributed by atoms with Gasteiger partial charge in [0.1, 0.15) is 0 Å². The van der Waals surface area contributed by atoms with Crippen LogP contribution in [-0.2, 0) is 4.74 Å². The molecule has 4 heteroatoms. The molecule has 1 aromatic heterocycles. The topological polar surface area (TPSA) is 26.3 Å². The molecule has 96 valence electrons. The number of halogens is 1. The van der Waals surface area contributed by atoms with Crippen molar-refractivity contribution in [3.05, 3.63) is 47.0 Å². The van der Waals surface area contributed by atoms with E-state index in [4.69, 9.17) is 16.3 Å². The van der Waals surface area contributed by atoms with E-state index in [0.29, 0.717) is 12.2 Å². The molecule has 3 rings (SSSR count). The summed E-state index contributed by atoms with van der Waals surface area (Å²) < 4.78 is 7.21. The molecule has 0 aliphatic carbocycles. The lowest BCUT2D eigenvalue weighted by Crippen LogP contribution is -2.03. The fourth-order valence-corrected chi connectivity index (χ4v) is 3.51. The van der Waals surface area contributed by atoms with Crippen LogP contribution in [0.15, 0.2) is 36.4 Å². The normalized spacial score (nSPS) is 11.1. The maximum atomic E-state index is 11.7. The van der Waals surface area contributed by atoms with Gasteiger partial charge >= 0.3 is 5.97 Å². The molecule has 2 nitrogen and oxygen atoms in total. The van der Waals surface area contributed by atoms with Crippen molar-refractivity contribution in [1.29, 1.82) is 0 Å². The molecule has 0 saturated heterocycles. The van der Waals surface area contributed by atoms with Crippen molar-refractivity contribution in [2.75, 3.05) is 6.61 Å². The van der Waals surface area contributed by atoms with Gasteiger partial charge in [-0.2, -0.15) is 0 Å². The van der Waals surface area contributed by atoms with Crippen LogP contribution in [0.5, 0.6) is 0 Å². The van der Waals surface area contributed by atoms with Crippen molar-refractivity contribution in [2.45, 2.75) is 6.92 Å². The molecule has 0 spiro atoms. The average Bonchev–Trinajstić information content (AvgIpc) is 2.75. The van der Waals surface area contributed by atoms with Crippen LogP contribution >= 0.6 is 22.9 Å². The number of carbonyl (C=O) groups is 1. The summed E-state index contributed by atoms with van der Waals surface area (Å²) in [6.07, 6.45) is 0. The number of hydrogen-bond donors (Lipinski definition) is 0. The molecule has 0 atom stereocenters. The largest absolute Gasteiger partial charge is 0.462 e. The molecule has 19 heavy (non-hydrogen) atoms. The number of hydrogen-bond acceptors (Lipinski definition) is 3. The first-order valence-corrected chi connectivity index (χ1v) is 7.17. The minimum absolute atomic E-state index is 0.278. The summed E-state index contributed by atoms with van der Waals surface area (Å²) >= 11 is 7.64. The number of thiophene rings is 1. The van der Waals surface area contributed by atoms with Crippen molar-refractivity contribution >= 4 is 49.1 Å². The Hall–Kier alpha value is -1.58. The van der Waals surface area contributed by atoms with E-state index in [0.717, 1.165) is 19.8 Å². The summed E-state index contributed by atoms with van der Waals surface area (Å²) in [5.74, 6) is -0.278. The Balaban J connectivity index is 2.18. The fourth-order valence-electron chi connectivity index (χ4n) is 2.09. The van der Waals surface area contributed by atoms with Crippen LogP contribution in [0.4, 0.5) is 0 Å². The molecule has 1 heterocycles. The van der Waals surface area contributed by atoms with Crippen molar-refractivity contribution in [3.8, 4) is 0 Å². The zero-order chi connectivity index (χ0) is 13.4. The van der Waals surface area contributed by atoms with Gasteiger partial charge in [0, 0.05) is 25.2 Å². The van der Waals surface area contributed by atoms with E-state index >= 15 is 0 Å². The Labute approximate surface area is 119 Å². The Morgan fingerprint density at radius 2 is 1.84 bits per heavy atom. The third-order valence-electron chi connectivity index (χ3n) is 2.95. The Morgan fingerprint density at radius 3 is 2.58 bits per heavy atom. The van der Waals surface area contributed by atoms with Crippen LogP contribution in [0.2, 0.25) is 5.02 Å². The number of fused-ring (bicyclic) bond motifs is 3. The number of carbonyl (C=O) groups excluding carboxylic acids is 1. The molecular weight excluding hydrogens is 280 g/mol. The molecule has 0 amide bonds. The summed E-state index contributed by atoms with van der Waals surface area (Å²) in [4.78, 5) is 11.7. The van der Waals surface area contributed by atoms with Crippen molar-refractivity contribution < 1.29 is 9.53 Å². The lowest BCUT2D eigenvalue weighted by atomic mass is 10.1. The second-order valence-electron chi connectivity index (χ2n) is 4.17. The Kier molecular flexibility index (Phi) is 3.17. The highest BCUT2D eigenvalue weighted by molar-refractivity contribution is 7.25. The standard InChI is InChI=1S/C15H11ClO2S/c1-2-18-15(17)9-3-5-11-12-6-4-10(16)8-14(12)19-13(11)7-9/h3-8H,2H2,1H3. The quantitative estimate of drug-likeness (QED) is 0.629. The zero-order valence-corrected chi connectivity index (χ0v) is 11.8. The summed E-state index contributed by atoms with van der Waals surface area (Å²) in [6.45, 7) is 2.19. The van der Waals surface area contributed by atoms with Gasteiger partial charge in [0.15, 0.2) is 0 Å². The third kappa shape index (κ3) is 2.20. The monoisotopic (exact) mass is 290 g/mol. The van der Waals surface area contributed by atoms with E-state index in [-0.39, 0.29) is 5.97 Å². The molecule has 0 saturated carbocycles. The van der Waals surface area contributed by atoms with E-state index in [9.17, 15) is 4.79 Å². The van der Waals surface area contributed by atoms with Gasteiger partial charge < -0.3 is 4.74 Å². The third-order valence-corrected chi connectivity index (χ3v) is 4.30. The van der Waals surface area contributed by atoms with Gasteiger partial charge in [-0.05, 0) is 31.2 Å². The second kappa shape index (κ2) is 4.83. The molecule has 0 bridgehead atoms. The first-order chi connectivity index (χ1) is 9.19. The van der Waals surface area contributed by atoms with Crippen LogP contribution in [-0.4, -0.2) is 12.6 Å². The predicted octanol–water partition coefficient (Wildman–Crippen LogP) is 4.88. The molecule has 0 fully saturated rings. The maximum absolute atomic E-state index is 11.7. The van der Waals surface area contributed by atoms with Gasteiger partial charge in [-0.1, -0.05) is 23.7 Å². The molecule has 0 aliphatic rings. The van der Waals surface area contributed by atoms with Crippen LogP contribution < -0.4 is 0 Å². The Bertz CT molecular complexity index is 776. The smallest absolute Gasteiger partial charge is 0.338 e. The highest BCUT2D eigenvalue weighted by Crippen LogP contribution is 2.35. The summed E-state index contributed by atoms with van der Waals surface area (Å²) in [6, 6.07) is 11.5. The lowest BCUT2D eigenvalue weighted by molar-refractivity contribution is 0.0526. The molecule has 3 aromatic rings. The van der Waals surface area contributed by atoms with Crippen LogP contribution in [0.1, 0.15) is 17.3 Å². The SMILES string of the molecule is CCOC(=O)c1ccc2c(c1)sc1cc(Cl)ccc12. The summed E-state index contributed by atoms with van der Waals surface area (Å²) in [7, 11) is 0. The van der Waals surface area contributed by atoms with E-state index < -0.39 is 0 Å². The highest BCUT2D eigenvalue weighted by Gasteiger charge is 2.10. The number of ether oxygens (including phenoxy) is 1. The van der Waals surface area contributed by atoms with Gasteiger partial charge in [-0.25, -0.2) is 4.79 Å². The molecule has 2 aromatic carbocycles. The average molecular weight is 291 g/mol. The van der Waals surface area contributed by atoms with Gasteiger partial charge in [0.2, 0.25) is 0 Å². The van der Waals surface area contributed by atoms with E-state index in [1.807, 2.05) is 30.3 Å². The summed E-state index contributed by atoms with van der Waals surface area (Å²) in [5.41, 5.74) is 0.590. The minimum Gasteiger partial charge on any atom is -0.462 e. The molecule has 0 unspecified atom stereocenters.